The molecule has 2 bridgehead atoms. The summed E-state index contributed by atoms with van der Waals surface area (Å²) >= 11 is 0. The molecular formula is C21H19F3N2O2. The van der Waals surface area contributed by atoms with Crippen LogP contribution in [0.2, 0.25) is 0 Å². The average molecular weight is 388 g/mol. The van der Waals surface area contributed by atoms with Gasteiger partial charge in [0.2, 0.25) is 0 Å². The van der Waals surface area contributed by atoms with Gasteiger partial charge in [-0.25, -0.2) is 5.06 Å². The molecule has 7 heteroatoms. The van der Waals surface area contributed by atoms with Crippen molar-refractivity contribution >= 4 is 5.91 Å². The van der Waals surface area contributed by atoms with E-state index in [9.17, 15) is 18.0 Å². The van der Waals surface area contributed by atoms with Gasteiger partial charge in [0.05, 0.1) is 18.0 Å². The molecule has 0 spiro atoms. The lowest BCUT2D eigenvalue weighted by atomic mass is 9.94. The normalized spacial score (nSPS) is 24.2. The zero-order valence-electron chi connectivity index (χ0n) is 15.0. The SMILES string of the molecule is O=C(Cc1ccccc1)N1CN2CC=C[C@H](O1)[C@H]2c1cccc(C(F)(F)F)c1. The third-order valence-corrected chi connectivity index (χ3v) is 4.96. The van der Waals surface area contributed by atoms with Crippen molar-refractivity contribution in [1.29, 1.82) is 0 Å². The minimum absolute atomic E-state index is 0.181. The van der Waals surface area contributed by atoms with E-state index < -0.39 is 17.8 Å². The van der Waals surface area contributed by atoms with Gasteiger partial charge in [-0.3, -0.25) is 14.5 Å². The molecule has 2 heterocycles. The molecule has 4 rings (SSSR count). The lowest BCUT2D eigenvalue weighted by Crippen LogP contribution is -2.55. The molecule has 0 aliphatic carbocycles. The number of benzene rings is 2. The van der Waals surface area contributed by atoms with Gasteiger partial charge >= 0.3 is 6.18 Å². The lowest BCUT2D eigenvalue weighted by molar-refractivity contribution is -0.254. The highest BCUT2D eigenvalue weighted by molar-refractivity contribution is 5.77. The number of nitrogens with zero attached hydrogens (tertiary/aromatic N) is 2. The molecule has 2 aliphatic rings. The van der Waals surface area contributed by atoms with Crippen LogP contribution in [0.15, 0.2) is 66.7 Å². The van der Waals surface area contributed by atoms with E-state index in [-0.39, 0.29) is 25.0 Å². The van der Waals surface area contributed by atoms with Crippen molar-refractivity contribution in [3.05, 3.63) is 83.4 Å². The van der Waals surface area contributed by atoms with Crippen LogP contribution in [0.5, 0.6) is 0 Å². The van der Waals surface area contributed by atoms with E-state index in [1.54, 1.807) is 6.07 Å². The van der Waals surface area contributed by atoms with Gasteiger partial charge in [0.25, 0.3) is 5.91 Å². The summed E-state index contributed by atoms with van der Waals surface area (Å²) in [5.74, 6) is -0.181. The van der Waals surface area contributed by atoms with E-state index in [4.69, 9.17) is 4.84 Å². The van der Waals surface area contributed by atoms with Crippen LogP contribution in [0.1, 0.15) is 22.7 Å². The predicted octanol–water partition coefficient (Wildman–Crippen LogP) is 3.96. The summed E-state index contributed by atoms with van der Waals surface area (Å²) in [4.78, 5) is 20.4. The number of alkyl halides is 3. The molecule has 0 saturated carbocycles. The van der Waals surface area contributed by atoms with Crippen molar-refractivity contribution in [2.24, 2.45) is 0 Å². The zero-order valence-corrected chi connectivity index (χ0v) is 15.0. The highest BCUT2D eigenvalue weighted by atomic mass is 19.4. The molecule has 1 saturated heterocycles. The summed E-state index contributed by atoms with van der Waals surface area (Å²) in [6.45, 7) is 0.739. The van der Waals surface area contributed by atoms with Gasteiger partial charge in [0, 0.05) is 6.54 Å². The Balaban J connectivity index is 1.53. The first kappa shape index (κ1) is 18.7. The first-order chi connectivity index (χ1) is 13.4. The fraction of sp³-hybridized carbons (Fsp3) is 0.286. The minimum atomic E-state index is -4.40. The number of carbonyl (C=O) groups is 1. The maximum Gasteiger partial charge on any atom is 0.416 e. The van der Waals surface area contributed by atoms with Crippen molar-refractivity contribution in [1.82, 2.24) is 9.96 Å². The number of halogens is 3. The average Bonchev–Trinajstić information content (AvgIpc) is 2.67. The van der Waals surface area contributed by atoms with Gasteiger partial charge in [-0.1, -0.05) is 54.6 Å². The Morgan fingerprint density at radius 3 is 2.61 bits per heavy atom. The van der Waals surface area contributed by atoms with Gasteiger partial charge in [-0.2, -0.15) is 13.2 Å². The smallest absolute Gasteiger partial charge is 0.272 e. The Hall–Kier alpha value is -2.64. The van der Waals surface area contributed by atoms with E-state index in [1.165, 1.54) is 11.1 Å². The number of amides is 1. The van der Waals surface area contributed by atoms with Gasteiger partial charge in [-0.15, -0.1) is 0 Å². The second-order valence-electron chi connectivity index (χ2n) is 6.91. The van der Waals surface area contributed by atoms with Crippen LogP contribution in [-0.2, 0) is 22.2 Å². The maximum absolute atomic E-state index is 13.1. The fourth-order valence-electron chi connectivity index (χ4n) is 3.64. The van der Waals surface area contributed by atoms with E-state index in [1.807, 2.05) is 47.4 Å². The van der Waals surface area contributed by atoms with Gasteiger partial charge in [-0.05, 0) is 23.3 Å². The highest BCUT2D eigenvalue weighted by Crippen LogP contribution is 2.37. The predicted molar refractivity (Wildman–Crippen MR) is 96.8 cm³/mol. The van der Waals surface area contributed by atoms with E-state index >= 15 is 0 Å². The molecular weight excluding hydrogens is 369 g/mol. The van der Waals surface area contributed by atoms with Crippen LogP contribution >= 0.6 is 0 Å². The van der Waals surface area contributed by atoms with Crippen molar-refractivity contribution in [2.45, 2.75) is 24.7 Å². The number of hydrogen-bond donors (Lipinski definition) is 0. The largest absolute Gasteiger partial charge is 0.416 e. The lowest BCUT2D eigenvalue weighted by Gasteiger charge is -2.46. The van der Waals surface area contributed by atoms with E-state index in [2.05, 4.69) is 0 Å². The summed E-state index contributed by atoms with van der Waals surface area (Å²) in [7, 11) is 0. The number of fused-ring (bicyclic) bond motifs is 2. The first-order valence-corrected chi connectivity index (χ1v) is 9.01. The van der Waals surface area contributed by atoms with E-state index in [0.717, 1.165) is 17.7 Å². The molecule has 4 nitrogen and oxygen atoms in total. The standard InChI is InChI=1S/C21H19F3N2O2/c22-21(23,24)17-9-4-8-16(13-17)20-18-10-5-11-25(20)14-26(28-18)19(27)12-15-6-2-1-3-7-15/h1-10,13,18,20H,11-12,14H2/t18-,20+/m0/s1. The Morgan fingerprint density at radius 2 is 1.89 bits per heavy atom. The fourth-order valence-corrected chi connectivity index (χ4v) is 3.64. The Labute approximate surface area is 160 Å². The van der Waals surface area contributed by atoms with Crippen LogP contribution in [0, 0.1) is 0 Å². The minimum Gasteiger partial charge on any atom is -0.272 e. The third kappa shape index (κ3) is 3.81. The van der Waals surface area contributed by atoms with Gasteiger partial charge < -0.3 is 0 Å². The molecule has 0 radical (unpaired) electrons. The highest BCUT2D eigenvalue weighted by Gasteiger charge is 2.40. The molecule has 3 atom stereocenters. The van der Waals surface area contributed by atoms with Crippen LogP contribution in [0.25, 0.3) is 0 Å². The second kappa shape index (κ2) is 7.41. The summed E-state index contributed by atoms with van der Waals surface area (Å²) in [5, 5.41) is 1.31. The van der Waals surface area contributed by atoms with Crippen molar-refractivity contribution in [3.63, 3.8) is 0 Å². The summed E-state index contributed by atoms with van der Waals surface area (Å²) in [6.07, 6.45) is -0.995. The summed E-state index contributed by atoms with van der Waals surface area (Å²) in [5.41, 5.74) is 0.724. The summed E-state index contributed by atoms with van der Waals surface area (Å²) < 4.78 is 39.3. The molecule has 2 aromatic carbocycles. The quantitative estimate of drug-likeness (QED) is 0.747. The Kier molecular flexibility index (Phi) is 4.95. The maximum atomic E-state index is 13.1. The molecule has 146 valence electrons. The second-order valence-corrected chi connectivity index (χ2v) is 6.91. The Bertz CT molecular complexity index is 883. The molecule has 2 aromatic rings. The van der Waals surface area contributed by atoms with Crippen LogP contribution < -0.4 is 0 Å². The van der Waals surface area contributed by atoms with Crippen LogP contribution in [0.4, 0.5) is 13.2 Å². The van der Waals surface area contributed by atoms with Crippen LogP contribution in [0.3, 0.4) is 0 Å². The Morgan fingerprint density at radius 1 is 1.11 bits per heavy atom. The zero-order chi connectivity index (χ0) is 19.7. The third-order valence-electron chi connectivity index (χ3n) is 4.96. The van der Waals surface area contributed by atoms with Crippen molar-refractivity contribution in [2.75, 3.05) is 13.2 Å². The number of hydroxylamine groups is 2. The van der Waals surface area contributed by atoms with Crippen molar-refractivity contribution in [3.8, 4) is 0 Å². The van der Waals surface area contributed by atoms with Crippen LogP contribution in [-0.4, -0.2) is 35.2 Å². The molecule has 1 unspecified atom stereocenters. The molecule has 0 aromatic heterocycles. The molecule has 0 N–H and O–H groups in total. The van der Waals surface area contributed by atoms with Gasteiger partial charge in [0.15, 0.2) is 0 Å². The first-order valence-electron chi connectivity index (χ1n) is 9.01. The number of rotatable bonds is 3. The molecule has 1 amide bonds. The van der Waals surface area contributed by atoms with E-state index in [0.29, 0.717) is 12.1 Å². The number of carbonyl (C=O) groups excluding carboxylic acids is 1. The van der Waals surface area contributed by atoms with Crippen molar-refractivity contribution < 1.29 is 22.8 Å². The molecule has 2 aliphatic heterocycles. The van der Waals surface area contributed by atoms with Gasteiger partial charge in [0.1, 0.15) is 12.8 Å². The monoisotopic (exact) mass is 388 g/mol. The number of hydrogen-bond acceptors (Lipinski definition) is 3. The molecule has 28 heavy (non-hydrogen) atoms. The molecule has 1 fully saturated rings. The summed E-state index contributed by atoms with van der Waals surface area (Å²) in [6, 6.07) is 14.3. The topological polar surface area (TPSA) is 32.8 Å².